The fourth-order valence-electron chi connectivity index (χ4n) is 2.25. The van der Waals surface area contributed by atoms with Gasteiger partial charge in [0.05, 0.1) is 0 Å². The van der Waals surface area contributed by atoms with Gasteiger partial charge in [-0.1, -0.05) is 79.2 Å². The van der Waals surface area contributed by atoms with Crippen molar-refractivity contribution in [3.8, 4) is 11.4 Å². The highest BCUT2D eigenvalue weighted by Crippen LogP contribution is 2.32. The van der Waals surface area contributed by atoms with Gasteiger partial charge in [0.25, 0.3) is 0 Å². The number of hydrogen-bond acceptors (Lipinski definition) is 1. The van der Waals surface area contributed by atoms with Crippen molar-refractivity contribution in [1.82, 2.24) is 9.55 Å². The van der Waals surface area contributed by atoms with Crippen LogP contribution in [0.3, 0.4) is 0 Å². The van der Waals surface area contributed by atoms with Crippen molar-refractivity contribution >= 4 is 0 Å². The van der Waals surface area contributed by atoms with Crippen molar-refractivity contribution < 1.29 is 13.2 Å². The highest BCUT2D eigenvalue weighted by molar-refractivity contribution is 5.57. The number of alkyl halides is 3. The van der Waals surface area contributed by atoms with E-state index in [1.807, 2.05) is 79.7 Å². The number of imidazole rings is 1. The summed E-state index contributed by atoms with van der Waals surface area (Å²) in [5.74, 6) is 0.361. The van der Waals surface area contributed by atoms with Crippen molar-refractivity contribution in [2.75, 3.05) is 0 Å². The molecule has 0 aliphatic carbocycles. The first-order chi connectivity index (χ1) is 12.8. The molecule has 2 nitrogen and oxygen atoms in total. The second kappa shape index (κ2) is 14.3. The van der Waals surface area contributed by atoms with Crippen molar-refractivity contribution in [2.24, 2.45) is 0 Å². The molecule has 1 heterocycles. The third-order valence-corrected chi connectivity index (χ3v) is 3.33. The second-order valence-corrected chi connectivity index (χ2v) is 5.40. The molecule has 0 N–H and O–H groups in total. The minimum absolute atomic E-state index is 0.0843. The zero-order chi connectivity index (χ0) is 21.6. The van der Waals surface area contributed by atoms with Gasteiger partial charge in [-0.2, -0.15) is 13.2 Å². The summed E-state index contributed by atoms with van der Waals surface area (Å²) in [6.45, 7) is 17.8. The van der Waals surface area contributed by atoms with Gasteiger partial charge in [0, 0.05) is 17.8 Å². The van der Waals surface area contributed by atoms with Gasteiger partial charge in [-0.05, 0) is 25.8 Å². The lowest BCUT2D eigenvalue weighted by Crippen LogP contribution is -2.05. The summed E-state index contributed by atoms with van der Waals surface area (Å²) in [5.41, 5.74) is 1.04. The Labute approximate surface area is 163 Å². The summed E-state index contributed by atoms with van der Waals surface area (Å²) >= 11 is 0. The standard InChI is InChI=1S/C16H19F3N2.3C2H6/c1-4-5-12-6-8-13(9-7-12)15-20-14(16(17,18)19)10-21(15)11(2)3;3*1-2/h6-11H,4-5H2,1-3H3;3*1-2H3. The summed E-state index contributed by atoms with van der Waals surface area (Å²) in [6, 6.07) is 7.49. The van der Waals surface area contributed by atoms with E-state index in [0.29, 0.717) is 11.4 Å². The van der Waals surface area contributed by atoms with E-state index in [2.05, 4.69) is 11.9 Å². The van der Waals surface area contributed by atoms with Crippen LogP contribution in [0, 0.1) is 0 Å². The smallest absolute Gasteiger partial charge is 0.328 e. The van der Waals surface area contributed by atoms with E-state index in [0.717, 1.165) is 19.0 Å². The van der Waals surface area contributed by atoms with E-state index in [4.69, 9.17) is 0 Å². The van der Waals surface area contributed by atoms with E-state index in [1.165, 1.54) is 5.56 Å². The van der Waals surface area contributed by atoms with Crippen LogP contribution in [-0.4, -0.2) is 9.55 Å². The lowest BCUT2D eigenvalue weighted by Gasteiger charge is -2.11. The van der Waals surface area contributed by atoms with E-state index < -0.39 is 11.9 Å². The van der Waals surface area contributed by atoms with Gasteiger partial charge in [-0.25, -0.2) is 4.98 Å². The zero-order valence-corrected chi connectivity index (χ0v) is 18.4. The number of rotatable bonds is 4. The first-order valence-electron chi connectivity index (χ1n) is 10.1. The molecule has 0 spiro atoms. The molecule has 5 heteroatoms. The first kappa shape index (κ1) is 27.4. The fraction of sp³-hybridized carbons (Fsp3) is 0.591. The van der Waals surface area contributed by atoms with Crippen LogP contribution in [0.15, 0.2) is 30.5 Å². The summed E-state index contributed by atoms with van der Waals surface area (Å²) in [7, 11) is 0. The van der Waals surface area contributed by atoms with Crippen LogP contribution in [0.4, 0.5) is 13.2 Å². The topological polar surface area (TPSA) is 17.8 Å². The highest BCUT2D eigenvalue weighted by Gasteiger charge is 2.35. The van der Waals surface area contributed by atoms with E-state index >= 15 is 0 Å². The molecule has 2 rings (SSSR count). The first-order valence-corrected chi connectivity index (χ1v) is 10.1. The minimum Gasteiger partial charge on any atom is -0.328 e. The van der Waals surface area contributed by atoms with E-state index in [1.54, 1.807) is 4.57 Å². The average molecular weight is 387 g/mol. The van der Waals surface area contributed by atoms with Gasteiger partial charge in [0.2, 0.25) is 0 Å². The molecule has 0 fully saturated rings. The van der Waals surface area contributed by atoms with Crippen LogP contribution in [0.2, 0.25) is 0 Å². The SMILES string of the molecule is CC.CC.CC.CCCc1ccc(-c2nc(C(F)(F)F)cn2C(C)C)cc1. The molecule has 2 aromatic rings. The Kier molecular flexibility index (Phi) is 14.5. The molecule has 0 amide bonds. The number of halogens is 3. The molecular formula is C22H37F3N2. The van der Waals surface area contributed by atoms with Gasteiger partial charge in [-0.3, -0.25) is 0 Å². The van der Waals surface area contributed by atoms with Gasteiger partial charge >= 0.3 is 6.18 Å². The number of benzene rings is 1. The predicted molar refractivity (Wildman–Crippen MR) is 111 cm³/mol. The Morgan fingerprint density at radius 3 is 1.78 bits per heavy atom. The molecule has 27 heavy (non-hydrogen) atoms. The largest absolute Gasteiger partial charge is 0.434 e. The molecule has 156 valence electrons. The Bertz CT molecular complexity index is 597. The van der Waals surface area contributed by atoms with Crippen LogP contribution >= 0.6 is 0 Å². The van der Waals surface area contributed by atoms with Crippen LogP contribution in [0.1, 0.15) is 86.0 Å². The van der Waals surface area contributed by atoms with Crippen LogP contribution in [0.5, 0.6) is 0 Å². The molecular weight excluding hydrogens is 349 g/mol. The molecule has 0 saturated heterocycles. The summed E-state index contributed by atoms with van der Waals surface area (Å²) < 4.78 is 40.1. The maximum Gasteiger partial charge on any atom is 0.434 e. The zero-order valence-electron chi connectivity index (χ0n) is 18.4. The lowest BCUT2D eigenvalue weighted by molar-refractivity contribution is -0.140. The molecule has 1 aromatic heterocycles. The third-order valence-electron chi connectivity index (χ3n) is 3.33. The Balaban J connectivity index is 0. The Hall–Kier alpha value is -1.78. The van der Waals surface area contributed by atoms with Crippen molar-refractivity contribution in [3.63, 3.8) is 0 Å². The number of nitrogens with zero attached hydrogens (tertiary/aromatic N) is 2. The summed E-state index contributed by atoms with van der Waals surface area (Å²) in [6.07, 6.45) is -1.33. The number of hydrogen-bond donors (Lipinski definition) is 0. The molecule has 0 saturated carbocycles. The van der Waals surface area contributed by atoms with Crippen LogP contribution in [-0.2, 0) is 12.6 Å². The summed E-state index contributed by atoms with van der Waals surface area (Å²) in [5, 5.41) is 0. The molecule has 0 aliphatic rings. The minimum atomic E-state index is -4.42. The average Bonchev–Trinajstić information content (AvgIpc) is 3.14. The van der Waals surface area contributed by atoms with Crippen LogP contribution in [0.25, 0.3) is 11.4 Å². The molecule has 1 aromatic carbocycles. The number of aromatic nitrogens is 2. The maximum absolute atomic E-state index is 12.8. The fourth-order valence-corrected chi connectivity index (χ4v) is 2.25. The monoisotopic (exact) mass is 386 g/mol. The van der Waals surface area contributed by atoms with Crippen molar-refractivity contribution in [2.45, 2.75) is 87.4 Å². The van der Waals surface area contributed by atoms with Gasteiger partial charge in [-0.15, -0.1) is 0 Å². The molecule has 0 atom stereocenters. The second-order valence-electron chi connectivity index (χ2n) is 5.40. The third kappa shape index (κ3) is 8.63. The number of aryl methyl sites for hydroxylation is 1. The van der Waals surface area contributed by atoms with E-state index in [-0.39, 0.29) is 6.04 Å². The Morgan fingerprint density at radius 2 is 1.41 bits per heavy atom. The predicted octanol–water partition coefficient (Wildman–Crippen LogP) is 8.18. The molecule has 0 unspecified atom stereocenters. The normalized spacial score (nSPS) is 10.1. The van der Waals surface area contributed by atoms with E-state index in [9.17, 15) is 13.2 Å². The van der Waals surface area contributed by atoms with Crippen molar-refractivity contribution in [1.29, 1.82) is 0 Å². The molecule has 0 aliphatic heterocycles. The molecule has 0 bridgehead atoms. The summed E-state index contributed by atoms with van der Waals surface area (Å²) in [4.78, 5) is 3.79. The van der Waals surface area contributed by atoms with Crippen molar-refractivity contribution in [3.05, 3.63) is 41.7 Å². The lowest BCUT2D eigenvalue weighted by atomic mass is 10.1. The van der Waals surface area contributed by atoms with Gasteiger partial charge < -0.3 is 4.57 Å². The highest BCUT2D eigenvalue weighted by atomic mass is 19.4. The Morgan fingerprint density at radius 1 is 0.926 bits per heavy atom. The van der Waals surface area contributed by atoms with Gasteiger partial charge in [0.1, 0.15) is 5.82 Å². The molecule has 0 radical (unpaired) electrons. The van der Waals surface area contributed by atoms with Crippen LogP contribution < -0.4 is 0 Å². The quantitative estimate of drug-likeness (QED) is 0.518. The maximum atomic E-state index is 12.8. The van der Waals surface area contributed by atoms with Gasteiger partial charge in [0.15, 0.2) is 5.69 Å².